The molecule has 0 saturated heterocycles. The van der Waals surface area contributed by atoms with Crippen molar-refractivity contribution >= 4 is 17.3 Å². The van der Waals surface area contributed by atoms with Gasteiger partial charge in [-0.1, -0.05) is 12.1 Å². The number of benzene rings is 1. The molecule has 1 heterocycles. The van der Waals surface area contributed by atoms with Crippen LogP contribution in [0.2, 0.25) is 0 Å². The Bertz CT molecular complexity index is 835. The van der Waals surface area contributed by atoms with Crippen LogP contribution in [-0.4, -0.2) is 15.4 Å². The molecule has 0 atom stereocenters. The second-order valence-electron chi connectivity index (χ2n) is 4.32. The first-order valence-electron chi connectivity index (χ1n) is 6.15. The predicted molar refractivity (Wildman–Crippen MR) is 77.1 cm³/mol. The second-order valence-corrected chi connectivity index (χ2v) is 4.32. The number of anilines is 1. The predicted octanol–water partition coefficient (Wildman–Crippen LogP) is 1.27. The summed E-state index contributed by atoms with van der Waals surface area (Å²) in [4.78, 5) is 33.6. The number of nitrogens with zero attached hydrogens (tertiary/aromatic N) is 3. The molecule has 2 rings (SSSR count). The molecule has 1 N–H and O–H groups in total. The van der Waals surface area contributed by atoms with Crippen LogP contribution >= 0.6 is 0 Å². The number of para-hydroxylation sites is 1. The molecule has 22 heavy (non-hydrogen) atoms. The van der Waals surface area contributed by atoms with Gasteiger partial charge in [0, 0.05) is 12.1 Å². The minimum atomic E-state index is -0.654. The number of pyridine rings is 1. The van der Waals surface area contributed by atoms with E-state index in [0.717, 1.165) is 22.9 Å². The van der Waals surface area contributed by atoms with Gasteiger partial charge in [-0.05, 0) is 12.1 Å². The number of hydrogen-bond donors (Lipinski definition) is 1. The van der Waals surface area contributed by atoms with Crippen molar-refractivity contribution < 1.29 is 9.72 Å². The third-order valence-corrected chi connectivity index (χ3v) is 2.81. The van der Waals surface area contributed by atoms with Crippen molar-refractivity contribution in [3.05, 3.63) is 68.6 Å². The number of aromatic nitrogens is 1. The highest BCUT2D eigenvalue weighted by atomic mass is 16.6. The summed E-state index contributed by atoms with van der Waals surface area (Å²) in [6.45, 7) is -0.389. The lowest BCUT2D eigenvalue weighted by Crippen LogP contribution is -2.27. The van der Waals surface area contributed by atoms with E-state index in [1.54, 1.807) is 18.2 Å². The Morgan fingerprint density at radius 3 is 2.73 bits per heavy atom. The zero-order chi connectivity index (χ0) is 16.1. The van der Waals surface area contributed by atoms with Gasteiger partial charge in [0.1, 0.15) is 12.6 Å². The summed E-state index contributed by atoms with van der Waals surface area (Å²) in [5, 5.41) is 22.1. The number of nitrogens with one attached hydrogen (secondary N) is 1. The summed E-state index contributed by atoms with van der Waals surface area (Å²) >= 11 is 0. The third kappa shape index (κ3) is 3.34. The van der Waals surface area contributed by atoms with Gasteiger partial charge in [-0.15, -0.1) is 0 Å². The van der Waals surface area contributed by atoms with E-state index in [-0.39, 0.29) is 17.8 Å². The number of amides is 1. The molecular weight excluding hydrogens is 288 g/mol. The van der Waals surface area contributed by atoms with Gasteiger partial charge in [0.05, 0.1) is 22.4 Å². The lowest BCUT2D eigenvalue weighted by Gasteiger charge is -2.08. The van der Waals surface area contributed by atoms with Crippen molar-refractivity contribution in [2.75, 3.05) is 5.32 Å². The molecule has 2 aromatic rings. The highest BCUT2D eigenvalue weighted by Crippen LogP contribution is 2.13. The van der Waals surface area contributed by atoms with E-state index in [9.17, 15) is 19.7 Å². The molecule has 0 unspecified atom stereocenters. The number of nitro groups is 1. The first kappa shape index (κ1) is 14.9. The summed E-state index contributed by atoms with van der Waals surface area (Å²) in [6, 6.07) is 10.4. The van der Waals surface area contributed by atoms with Gasteiger partial charge in [0.15, 0.2) is 0 Å². The fraction of sp³-hybridized carbons (Fsp3) is 0.0714. The topological polar surface area (TPSA) is 118 Å². The Kier molecular flexibility index (Phi) is 4.29. The molecule has 0 aliphatic carbocycles. The normalized spacial score (nSPS) is 9.77. The number of carbonyl (C=O) groups is 1. The van der Waals surface area contributed by atoms with Gasteiger partial charge in [0.25, 0.3) is 11.2 Å². The zero-order valence-electron chi connectivity index (χ0n) is 11.2. The maximum atomic E-state index is 11.9. The van der Waals surface area contributed by atoms with E-state index in [1.807, 2.05) is 6.07 Å². The molecule has 1 aromatic heterocycles. The largest absolute Gasteiger partial charge is 0.323 e. The Morgan fingerprint density at radius 2 is 2.05 bits per heavy atom. The van der Waals surface area contributed by atoms with Crippen LogP contribution in [-0.2, 0) is 11.3 Å². The van der Waals surface area contributed by atoms with Gasteiger partial charge in [-0.3, -0.25) is 24.3 Å². The molecule has 8 heteroatoms. The molecule has 0 saturated carbocycles. The van der Waals surface area contributed by atoms with Gasteiger partial charge in [-0.25, -0.2) is 0 Å². The lowest BCUT2D eigenvalue weighted by molar-refractivity contribution is -0.385. The van der Waals surface area contributed by atoms with Crippen molar-refractivity contribution in [1.29, 1.82) is 5.26 Å². The summed E-state index contributed by atoms with van der Waals surface area (Å²) < 4.78 is 0.933. The van der Waals surface area contributed by atoms with E-state index >= 15 is 0 Å². The number of rotatable bonds is 4. The molecule has 0 bridgehead atoms. The van der Waals surface area contributed by atoms with Crippen LogP contribution in [0.1, 0.15) is 5.56 Å². The summed E-state index contributed by atoms with van der Waals surface area (Å²) in [5.74, 6) is -0.565. The minimum absolute atomic E-state index is 0.280. The maximum absolute atomic E-state index is 11.9. The molecule has 0 fully saturated rings. The van der Waals surface area contributed by atoms with Crippen molar-refractivity contribution in [1.82, 2.24) is 4.57 Å². The third-order valence-electron chi connectivity index (χ3n) is 2.81. The molecule has 110 valence electrons. The highest BCUT2D eigenvalue weighted by molar-refractivity contribution is 5.91. The molecule has 0 spiro atoms. The Morgan fingerprint density at radius 1 is 1.32 bits per heavy atom. The van der Waals surface area contributed by atoms with Crippen LogP contribution in [0.4, 0.5) is 11.4 Å². The average molecular weight is 298 g/mol. The highest BCUT2D eigenvalue weighted by Gasteiger charge is 2.11. The number of hydrogen-bond acceptors (Lipinski definition) is 5. The van der Waals surface area contributed by atoms with E-state index in [1.165, 1.54) is 6.07 Å². The van der Waals surface area contributed by atoms with Crippen molar-refractivity contribution in [3.63, 3.8) is 0 Å². The Labute approximate surface area is 124 Å². The van der Waals surface area contributed by atoms with Crippen LogP contribution in [0.25, 0.3) is 0 Å². The second kappa shape index (κ2) is 6.32. The van der Waals surface area contributed by atoms with Crippen LogP contribution in [0.15, 0.2) is 47.4 Å². The van der Waals surface area contributed by atoms with E-state index < -0.39 is 16.4 Å². The van der Waals surface area contributed by atoms with E-state index in [2.05, 4.69) is 5.32 Å². The fourth-order valence-corrected chi connectivity index (χ4v) is 1.78. The molecule has 0 aliphatic rings. The zero-order valence-corrected chi connectivity index (χ0v) is 11.2. The SMILES string of the molecule is N#Cc1ccccc1NC(=O)Cn1cc([N+](=O)[O-])ccc1=O. The summed E-state index contributed by atoms with van der Waals surface area (Å²) in [7, 11) is 0. The number of carbonyl (C=O) groups excluding carboxylic acids is 1. The Hall–Kier alpha value is -3.47. The standard InChI is InChI=1S/C14H10N4O4/c15-7-10-3-1-2-4-12(10)16-13(19)9-17-8-11(18(21)22)5-6-14(17)20/h1-6,8H,9H2,(H,16,19). The van der Waals surface area contributed by atoms with Crippen LogP contribution in [0.3, 0.4) is 0 Å². The Balaban J connectivity index is 2.19. The van der Waals surface area contributed by atoms with E-state index in [4.69, 9.17) is 5.26 Å². The average Bonchev–Trinajstić information content (AvgIpc) is 2.49. The van der Waals surface area contributed by atoms with Gasteiger partial charge >= 0.3 is 0 Å². The first-order valence-corrected chi connectivity index (χ1v) is 6.15. The lowest BCUT2D eigenvalue weighted by atomic mass is 10.2. The molecule has 1 aromatic carbocycles. The minimum Gasteiger partial charge on any atom is -0.323 e. The van der Waals surface area contributed by atoms with Crippen LogP contribution in [0.5, 0.6) is 0 Å². The van der Waals surface area contributed by atoms with Crippen molar-refractivity contribution in [3.8, 4) is 6.07 Å². The molecule has 0 radical (unpaired) electrons. The van der Waals surface area contributed by atoms with Crippen molar-refractivity contribution in [2.45, 2.75) is 6.54 Å². The summed E-state index contributed by atoms with van der Waals surface area (Å²) in [6.07, 6.45) is 0.998. The molecule has 8 nitrogen and oxygen atoms in total. The smallest absolute Gasteiger partial charge is 0.285 e. The quantitative estimate of drug-likeness (QED) is 0.673. The van der Waals surface area contributed by atoms with Gasteiger partial charge in [0.2, 0.25) is 5.91 Å². The fourth-order valence-electron chi connectivity index (χ4n) is 1.78. The van der Waals surface area contributed by atoms with Crippen LogP contribution in [0, 0.1) is 21.4 Å². The monoisotopic (exact) mass is 298 g/mol. The molecule has 1 amide bonds. The van der Waals surface area contributed by atoms with Gasteiger partial charge < -0.3 is 5.32 Å². The number of nitriles is 1. The van der Waals surface area contributed by atoms with Crippen molar-refractivity contribution in [2.24, 2.45) is 0 Å². The molecule has 0 aliphatic heterocycles. The molecular formula is C14H10N4O4. The van der Waals surface area contributed by atoms with Gasteiger partial charge in [-0.2, -0.15) is 5.26 Å². The van der Waals surface area contributed by atoms with Crippen LogP contribution < -0.4 is 10.9 Å². The van der Waals surface area contributed by atoms with E-state index in [0.29, 0.717) is 5.69 Å². The maximum Gasteiger partial charge on any atom is 0.285 e. The summed E-state index contributed by atoms with van der Waals surface area (Å²) in [5.41, 5.74) is -0.227. The first-order chi connectivity index (χ1) is 10.5.